The van der Waals surface area contributed by atoms with Gasteiger partial charge in [0.25, 0.3) is 0 Å². The Morgan fingerprint density at radius 3 is 1.36 bits per heavy atom. The Kier molecular flexibility index (Phi) is 19.0. The summed E-state index contributed by atoms with van der Waals surface area (Å²) in [5.41, 5.74) is 2.35. The molecular weight excluding hydrogens is 1000 g/mol. The van der Waals surface area contributed by atoms with E-state index in [1.54, 1.807) is 24.3 Å². The first-order valence-corrected chi connectivity index (χ1v) is 26.0. The van der Waals surface area contributed by atoms with E-state index in [4.69, 9.17) is 29.2 Å². The van der Waals surface area contributed by atoms with Crippen molar-refractivity contribution in [3.8, 4) is 23.0 Å². The van der Waals surface area contributed by atoms with E-state index in [1.165, 1.54) is 48.5 Å². The van der Waals surface area contributed by atoms with Gasteiger partial charge >= 0.3 is 24.7 Å². The first-order chi connectivity index (χ1) is 34.0. The molecule has 4 aromatic carbocycles. The smallest absolute Gasteiger partial charge is 0.492 e. The van der Waals surface area contributed by atoms with Gasteiger partial charge in [0.15, 0.2) is 0 Å². The molecule has 392 valence electrons. The monoisotopic (exact) mass is 1060 g/mol. The SMILES string of the molecule is NS(=O)(=O)c1cc(C(CCCCNCCc2ccccc2OC(F)(F)F)OC(=O)/C=C\C(=O)OC(CCCCNCCc2ccccc2OC(F)(F)F)c2cc3c(c(S(N)(=O)=O)c2)OCC3)cc2c1OCC2. The zero-order valence-electron chi connectivity index (χ0n) is 38.7. The predicted octanol–water partition coefficient (Wildman–Crippen LogP) is 7.08. The molecule has 0 aliphatic carbocycles. The Balaban J connectivity index is 1.10. The number of carbonyl (C=O) groups is 2. The first kappa shape index (κ1) is 55.4. The summed E-state index contributed by atoms with van der Waals surface area (Å²) in [7, 11) is -8.59. The summed E-state index contributed by atoms with van der Waals surface area (Å²) in [5.74, 6) is -2.39. The van der Waals surface area contributed by atoms with Gasteiger partial charge in [-0.25, -0.2) is 36.7 Å². The Labute approximate surface area is 412 Å². The Bertz CT molecular complexity index is 2610. The third-order valence-electron chi connectivity index (χ3n) is 11.5. The molecule has 0 saturated heterocycles. The summed E-state index contributed by atoms with van der Waals surface area (Å²) in [6.07, 6.45) is -6.78. The molecule has 4 aromatic rings. The molecule has 16 nitrogen and oxygen atoms in total. The van der Waals surface area contributed by atoms with Crippen LogP contribution >= 0.6 is 0 Å². The minimum atomic E-state index is -4.85. The van der Waals surface area contributed by atoms with E-state index in [0.717, 1.165) is 12.2 Å². The van der Waals surface area contributed by atoms with E-state index in [2.05, 4.69) is 20.1 Å². The zero-order chi connectivity index (χ0) is 52.1. The zero-order valence-corrected chi connectivity index (χ0v) is 40.3. The average Bonchev–Trinajstić information content (AvgIpc) is 3.98. The molecule has 0 spiro atoms. The number of ether oxygens (including phenoxy) is 6. The number of alkyl halides is 6. The van der Waals surface area contributed by atoms with Crippen LogP contribution in [0, 0.1) is 0 Å². The number of fused-ring (bicyclic) bond motifs is 2. The van der Waals surface area contributed by atoms with Crippen molar-refractivity contribution in [2.75, 3.05) is 39.4 Å². The number of para-hydroxylation sites is 2. The summed E-state index contributed by atoms with van der Waals surface area (Å²) in [6.45, 7) is 1.86. The summed E-state index contributed by atoms with van der Waals surface area (Å²) in [4.78, 5) is 26.3. The van der Waals surface area contributed by atoms with Crippen molar-refractivity contribution < 1.29 is 81.2 Å². The maximum absolute atomic E-state index is 13.4. The normalized spacial score (nSPS) is 14.5. The molecule has 2 aliphatic rings. The van der Waals surface area contributed by atoms with Crippen LogP contribution in [0.5, 0.6) is 23.0 Å². The van der Waals surface area contributed by atoms with Gasteiger partial charge in [-0.15, -0.1) is 26.3 Å². The Morgan fingerprint density at radius 2 is 0.986 bits per heavy atom. The van der Waals surface area contributed by atoms with Crippen molar-refractivity contribution in [1.82, 2.24) is 10.6 Å². The molecule has 6 N–H and O–H groups in total. The van der Waals surface area contributed by atoms with E-state index in [0.29, 0.717) is 98.1 Å². The second kappa shape index (κ2) is 24.7. The van der Waals surface area contributed by atoms with Crippen LogP contribution in [-0.2, 0) is 64.8 Å². The van der Waals surface area contributed by atoms with Crippen LogP contribution in [0.1, 0.15) is 84.1 Å². The molecule has 72 heavy (non-hydrogen) atoms. The highest BCUT2D eigenvalue weighted by molar-refractivity contribution is 7.89. The van der Waals surface area contributed by atoms with E-state index < -0.39 is 56.9 Å². The van der Waals surface area contributed by atoms with Crippen molar-refractivity contribution in [1.29, 1.82) is 0 Å². The lowest BCUT2D eigenvalue weighted by Crippen LogP contribution is -2.21. The van der Waals surface area contributed by atoms with Gasteiger partial charge in [-0.3, -0.25) is 0 Å². The number of hydrogen-bond acceptors (Lipinski definition) is 14. The van der Waals surface area contributed by atoms with E-state index in [-0.39, 0.29) is 71.7 Å². The number of carbonyl (C=O) groups excluding carboxylic acids is 2. The fraction of sp³-hybridized carbons (Fsp3) is 0.417. The average molecular weight is 1060 g/mol. The number of rotatable bonds is 26. The molecule has 2 unspecified atom stereocenters. The fourth-order valence-corrected chi connectivity index (χ4v) is 9.69. The van der Waals surface area contributed by atoms with Crippen molar-refractivity contribution in [3.05, 3.63) is 118 Å². The molecule has 6 rings (SSSR count). The third-order valence-corrected chi connectivity index (χ3v) is 13.3. The fourth-order valence-electron chi connectivity index (χ4n) is 8.19. The van der Waals surface area contributed by atoms with Gasteiger partial charge in [0.1, 0.15) is 45.0 Å². The molecule has 0 radical (unpaired) electrons. The maximum Gasteiger partial charge on any atom is 0.573 e. The van der Waals surface area contributed by atoms with Crippen molar-refractivity contribution in [2.45, 2.75) is 98.9 Å². The summed E-state index contributed by atoms with van der Waals surface area (Å²) < 4.78 is 159. The topological polar surface area (TPSA) is 234 Å². The number of unbranched alkanes of at least 4 members (excludes halogenated alkanes) is 2. The van der Waals surface area contributed by atoms with Crippen LogP contribution in [0.4, 0.5) is 26.3 Å². The van der Waals surface area contributed by atoms with Gasteiger partial charge in [0, 0.05) is 25.0 Å². The summed E-state index contributed by atoms with van der Waals surface area (Å²) in [5, 5.41) is 17.4. The van der Waals surface area contributed by atoms with Crippen LogP contribution in [-0.4, -0.2) is 80.9 Å². The van der Waals surface area contributed by atoms with Gasteiger partial charge in [-0.05, 0) is 147 Å². The number of esters is 2. The summed E-state index contributed by atoms with van der Waals surface area (Å²) >= 11 is 0. The van der Waals surface area contributed by atoms with Crippen LogP contribution in [0.15, 0.2) is 94.7 Å². The highest BCUT2D eigenvalue weighted by Gasteiger charge is 2.34. The largest absolute Gasteiger partial charge is 0.573 e. The molecule has 2 atom stereocenters. The lowest BCUT2D eigenvalue weighted by atomic mass is 10.00. The molecule has 2 heterocycles. The van der Waals surface area contributed by atoms with Gasteiger partial charge in [-0.1, -0.05) is 36.4 Å². The number of benzene rings is 4. The van der Waals surface area contributed by atoms with Gasteiger partial charge in [0.05, 0.1) is 13.2 Å². The highest BCUT2D eigenvalue weighted by Crippen LogP contribution is 2.39. The number of nitrogens with two attached hydrogens (primary N) is 2. The summed E-state index contributed by atoms with van der Waals surface area (Å²) in [6, 6.07) is 17.4. The van der Waals surface area contributed by atoms with E-state index >= 15 is 0 Å². The minimum absolute atomic E-state index is 0.0956. The lowest BCUT2D eigenvalue weighted by Gasteiger charge is -2.20. The van der Waals surface area contributed by atoms with Crippen LogP contribution < -0.4 is 39.9 Å². The number of halogens is 6. The van der Waals surface area contributed by atoms with Crippen LogP contribution in [0.2, 0.25) is 0 Å². The number of nitrogens with one attached hydrogen (secondary N) is 2. The van der Waals surface area contributed by atoms with Gasteiger partial charge in [0.2, 0.25) is 20.0 Å². The molecule has 0 fully saturated rings. The molecular formula is C48H54F6N4O12S2. The number of sulfonamides is 2. The molecule has 0 amide bonds. The second-order valence-electron chi connectivity index (χ2n) is 16.8. The molecule has 24 heteroatoms. The third kappa shape index (κ3) is 16.8. The van der Waals surface area contributed by atoms with Crippen LogP contribution in [0.3, 0.4) is 0 Å². The molecule has 2 aliphatic heterocycles. The molecule has 0 saturated carbocycles. The highest BCUT2D eigenvalue weighted by atomic mass is 32.2. The lowest BCUT2D eigenvalue weighted by molar-refractivity contribution is -0.275. The molecule has 0 aromatic heterocycles. The van der Waals surface area contributed by atoms with Gasteiger partial charge in [-0.2, -0.15) is 0 Å². The Hall–Kier alpha value is -5.92. The van der Waals surface area contributed by atoms with E-state index in [1.807, 2.05) is 0 Å². The molecule has 0 bridgehead atoms. The van der Waals surface area contributed by atoms with Crippen LogP contribution in [0.25, 0.3) is 0 Å². The number of primary sulfonamides is 2. The van der Waals surface area contributed by atoms with E-state index in [9.17, 15) is 52.8 Å². The van der Waals surface area contributed by atoms with Crippen molar-refractivity contribution >= 4 is 32.0 Å². The second-order valence-corrected chi connectivity index (χ2v) is 19.8. The minimum Gasteiger partial charge on any atom is -0.492 e. The first-order valence-electron chi connectivity index (χ1n) is 22.9. The Morgan fingerprint density at radius 1 is 0.597 bits per heavy atom. The maximum atomic E-state index is 13.4. The van der Waals surface area contributed by atoms with Crippen molar-refractivity contribution in [2.24, 2.45) is 10.3 Å². The van der Waals surface area contributed by atoms with Gasteiger partial charge < -0.3 is 39.1 Å². The van der Waals surface area contributed by atoms with Crippen molar-refractivity contribution in [3.63, 3.8) is 0 Å². The predicted molar refractivity (Wildman–Crippen MR) is 248 cm³/mol. The quantitative estimate of drug-likeness (QED) is 0.0213. The number of hydrogen-bond donors (Lipinski definition) is 4. The standard InChI is InChI=1S/C48H54F6N4O12S2/c49-47(50,51)69-39-13-3-1-9-31(39)17-23-57-21-7-5-11-37(35-27-33-19-25-65-45(33)41(29-35)71(55,61)62)67-43(59)15-16-44(60)68-38(36-28-34-20-26-66-46(34)42(30-36)72(56,63)64)12-6-8-22-58-24-18-32-10-2-4-14-40(32)70-48(52,53)54/h1-4,9-10,13-16,27-30,37-38,57-58H,5-8,11-12,17-26H2,(H2,55,61,62)(H2,56,63,64)/b16-15-.